The quantitative estimate of drug-likeness (QED) is 0.470. The fraction of sp³-hybridized carbons (Fsp3) is 0.133. The smallest absolute Gasteiger partial charge is 0.289 e. The molecule has 0 heterocycles. The molecule has 8 heteroatoms. The minimum absolute atomic E-state index is 0.0705. The zero-order chi connectivity index (χ0) is 16.8. The first-order valence-corrected chi connectivity index (χ1v) is 7.53. The normalized spacial score (nSPS) is 10.0. The summed E-state index contributed by atoms with van der Waals surface area (Å²) in [6.07, 6.45) is 0. The summed E-state index contributed by atoms with van der Waals surface area (Å²) in [7, 11) is 0. The van der Waals surface area contributed by atoms with E-state index in [0.29, 0.717) is 23.7 Å². The Morgan fingerprint density at radius 1 is 1.30 bits per heavy atom. The SMILES string of the molecule is CCOc1ccccc1NC(=S)Nc1ccc(Cl)c([N+](=O)[O-])c1. The molecule has 6 nitrogen and oxygen atoms in total. The number of benzene rings is 2. The number of rotatable bonds is 5. The highest BCUT2D eigenvalue weighted by atomic mass is 35.5. The van der Waals surface area contributed by atoms with Gasteiger partial charge in [0, 0.05) is 11.8 Å². The number of nitro benzene ring substituents is 1. The molecule has 2 aromatic carbocycles. The Morgan fingerprint density at radius 3 is 2.74 bits per heavy atom. The first-order valence-electron chi connectivity index (χ1n) is 6.75. The van der Waals surface area contributed by atoms with E-state index in [9.17, 15) is 10.1 Å². The van der Waals surface area contributed by atoms with Gasteiger partial charge in [-0.25, -0.2) is 0 Å². The van der Waals surface area contributed by atoms with Crippen molar-refractivity contribution in [1.29, 1.82) is 0 Å². The summed E-state index contributed by atoms with van der Waals surface area (Å²) in [5, 5.41) is 17.1. The molecule has 0 radical (unpaired) electrons. The van der Waals surface area contributed by atoms with Gasteiger partial charge >= 0.3 is 0 Å². The van der Waals surface area contributed by atoms with Gasteiger partial charge in [0.1, 0.15) is 10.8 Å². The Labute approximate surface area is 143 Å². The number of hydrogen-bond donors (Lipinski definition) is 2. The van der Waals surface area contributed by atoms with Crippen molar-refractivity contribution in [2.24, 2.45) is 0 Å². The van der Waals surface area contributed by atoms with E-state index in [1.165, 1.54) is 12.1 Å². The number of ether oxygens (including phenoxy) is 1. The van der Waals surface area contributed by atoms with Crippen LogP contribution in [0.1, 0.15) is 6.92 Å². The van der Waals surface area contributed by atoms with E-state index in [1.807, 2.05) is 31.2 Å². The van der Waals surface area contributed by atoms with Crippen molar-refractivity contribution in [2.75, 3.05) is 17.2 Å². The molecule has 0 unspecified atom stereocenters. The third kappa shape index (κ3) is 4.54. The van der Waals surface area contributed by atoms with Gasteiger partial charge in [0.05, 0.1) is 17.2 Å². The second-order valence-electron chi connectivity index (χ2n) is 4.43. The Balaban J connectivity index is 2.11. The van der Waals surface area contributed by atoms with Crippen LogP contribution in [0.3, 0.4) is 0 Å². The van der Waals surface area contributed by atoms with Gasteiger partial charge < -0.3 is 15.4 Å². The third-order valence-corrected chi connectivity index (χ3v) is 3.36. The first kappa shape index (κ1) is 17.0. The Kier molecular flexibility index (Phi) is 5.72. The van der Waals surface area contributed by atoms with Crippen molar-refractivity contribution in [3.63, 3.8) is 0 Å². The van der Waals surface area contributed by atoms with Crippen LogP contribution < -0.4 is 15.4 Å². The Bertz CT molecular complexity index is 740. The lowest BCUT2D eigenvalue weighted by Gasteiger charge is -2.14. The fourth-order valence-electron chi connectivity index (χ4n) is 1.87. The van der Waals surface area contributed by atoms with E-state index < -0.39 is 4.92 Å². The summed E-state index contributed by atoms with van der Waals surface area (Å²) >= 11 is 11.0. The Morgan fingerprint density at radius 2 is 2.04 bits per heavy atom. The largest absolute Gasteiger partial charge is 0.492 e. The van der Waals surface area contributed by atoms with Crippen LogP contribution in [0.4, 0.5) is 17.1 Å². The van der Waals surface area contributed by atoms with Gasteiger partial charge in [-0.1, -0.05) is 23.7 Å². The summed E-state index contributed by atoms with van der Waals surface area (Å²) in [6.45, 7) is 2.42. The number of para-hydroxylation sites is 2. The van der Waals surface area contributed by atoms with Gasteiger partial charge in [-0.2, -0.15) is 0 Å². The summed E-state index contributed by atoms with van der Waals surface area (Å²) in [6, 6.07) is 11.7. The molecule has 0 fully saturated rings. The average Bonchev–Trinajstić information content (AvgIpc) is 2.51. The second-order valence-corrected chi connectivity index (χ2v) is 5.25. The number of nitrogens with one attached hydrogen (secondary N) is 2. The molecule has 0 spiro atoms. The van der Waals surface area contributed by atoms with Crippen molar-refractivity contribution in [2.45, 2.75) is 6.92 Å². The molecule has 120 valence electrons. The average molecular weight is 352 g/mol. The molecular weight excluding hydrogens is 338 g/mol. The lowest BCUT2D eigenvalue weighted by atomic mass is 10.3. The van der Waals surface area contributed by atoms with Crippen molar-refractivity contribution >= 4 is 46.0 Å². The van der Waals surface area contributed by atoms with Gasteiger partial charge in [0.2, 0.25) is 0 Å². The fourth-order valence-corrected chi connectivity index (χ4v) is 2.28. The van der Waals surface area contributed by atoms with Gasteiger partial charge in [0.25, 0.3) is 5.69 Å². The van der Waals surface area contributed by atoms with E-state index in [-0.39, 0.29) is 15.8 Å². The van der Waals surface area contributed by atoms with E-state index >= 15 is 0 Å². The van der Waals surface area contributed by atoms with Crippen LogP contribution in [0.5, 0.6) is 5.75 Å². The van der Waals surface area contributed by atoms with E-state index in [0.717, 1.165) is 0 Å². The molecule has 0 saturated carbocycles. The van der Waals surface area contributed by atoms with E-state index in [2.05, 4.69) is 10.6 Å². The lowest BCUT2D eigenvalue weighted by molar-refractivity contribution is -0.384. The molecule has 0 aliphatic heterocycles. The van der Waals surface area contributed by atoms with E-state index in [4.69, 9.17) is 28.6 Å². The number of nitrogens with zero attached hydrogens (tertiary/aromatic N) is 1. The molecule has 0 aliphatic carbocycles. The molecule has 0 atom stereocenters. The molecule has 0 amide bonds. The number of halogens is 1. The summed E-state index contributed by atoms with van der Waals surface area (Å²) < 4.78 is 5.50. The maximum absolute atomic E-state index is 10.9. The molecular formula is C15H14ClN3O3S. The van der Waals surface area contributed by atoms with E-state index in [1.54, 1.807) is 6.07 Å². The standard InChI is InChI=1S/C15H14ClN3O3S/c1-2-22-14-6-4-3-5-12(14)18-15(23)17-10-7-8-11(16)13(9-10)19(20)21/h3-9H,2H2,1H3,(H2,17,18,23). The monoisotopic (exact) mass is 351 g/mol. The van der Waals surface area contributed by atoms with Crippen molar-refractivity contribution in [1.82, 2.24) is 0 Å². The van der Waals surface area contributed by atoms with Crippen LogP contribution in [-0.2, 0) is 0 Å². The summed E-state index contributed by atoms with van der Waals surface area (Å²) in [5.41, 5.74) is 0.983. The maximum atomic E-state index is 10.9. The van der Waals surface area contributed by atoms with Gasteiger partial charge in [-0.05, 0) is 43.4 Å². The highest BCUT2D eigenvalue weighted by molar-refractivity contribution is 7.80. The van der Waals surface area contributed by atoms with Crippen molar-refractivity contribution < 1.29 is 9.66 Å². The van der Waals surface area contributed by atoms with Crippen LogP contribution in [0, 0.1) is 10.1 Å². The predicted octanol–water partition coefficient (Wildman–Crippen LogP) is 4.46. The molecule has 2 aromatic rings. The molecule has 0 aromatic heterocycles. The minimum atomic E-state index is -0.547. The molecule has 23 heavy (non-hydrogen) atoms. The van der Waals surface area contributed by atoms with Crippen LogP contribution in [0.25, 0.3) is 0 Å². The number of nitro groups is 1. The van der Waals surface area contributed by atoms with Crippen LogP contribution in [0.15, 0.2) is 42.5 Å². The zero-order valence-electron chi connectivity index (χ0n) is 12.2. The first-order chi connectivity index (χ1) is 11.0. The molecule has 2 N–H and O–H groups in total. The number of hydrogen-bond acceptors (Lipinski definition) is 4. The number of thiocarbonyl (C=S) groups is 1. The highest BCUT2D eigenvalue weighted by Gasteiger charge is 2.13. The Hall–Kier alpha value is -2.38. The van der Waals surface area contributed by atoms with Crippen LogP contribution in [-0.4, -0.2) is 16.6 Å². The van der Waals surface area contributed by atoms with Crippen molar-refractivity contribution in [3.8, 4) is 5.75 Å². The third-order valence-electron chi connectivity index (χ3n) is 2.84. The molecule has 2 rings (SSSR count). The van der Waals surface area contributed by atoms with Gasteiger partial charge in [-0.15, -0.1) is 0 Å². The number of anilines is 2. The summed E-state index contributed by atoms with van der Waals surface area (Å²) in [5.74, 6) is 0.668. The predicted molar refractivity (Wildman–Crippen MR) is 95.6 cm³/mol. The van der Waals surface area contributed by atoms with Crippen LogP contribution in [0.2, 0.25) is 5.02 Å². The topological polar surface area (TPSA) is 76.4 Å². The maximum Gasteiger partial charge on any atom is 0.289 e. The molecule has 0 aliphatic rings. The van der Waals surface area contributed by atoms with Gasteiger partial charge in [-0.3, -0.25) is 10.1 Å². The minimum Gasteiger partial charge on any atom is -0.492 e. The van der Waals surface area contributed by atoms with Crippen LogP contribution >= 0.6 is 23.8 Å². The summed E-state index contributed by atoms with van der Waals surface area (Å²) in [4.78, 5) is 10.3. The molecule has 0 bridgehead atoms. The lowest BCUT2D eigenvalue weighted by Crippen LogP contribution is -2.19. The second kappa shape index (κ2) is 7.75. The highest BCUT2D eigenvalue weighted by Crippen LogP contribution is 2.28. The zero-order valence-corrected chi connectivity index (χ0v) is 13.8. The molecule has 0 saturated heterocycles. The van der Waals surface area contributed by atoms with Gasteiger partial charge in [0.15, 0.2) is 5.11 Å². The van der Waals surface area contributed by atoms with Crippen molar-refractivity contribution in [3.05, 3.63) is 57.6 Å².